The van der Waals surface area contributed by atoms with Crippen LogP contribution in [0.5, 0.6) is 0 Å². The maximum absolute atomic E-state index is 12.3. The predicted octanol–water partition coefficient (Wildman–Crippen LogP) is 3.18. The molecule has 1 aliphatic heterocycles. The molecule has 0 saturated carbocycles. The van der Waals surface area contributed by atoms with Gasteiger partial charge in [-0.15, -0.1) is 0 Å². The number of amides is 1. The summed E-state index contributed by atoms with van der Waals surface area (Å²) in [5.41, 5.74) is 2.64. The van der Waals surface area contributed by atoms with Crippen molar-refractivity contribution in [3.63, 3.8) is 0 Å². The molecule has 1 amide bonds. The van der Waals surface area contributed by atoms with Crippen LogP contribution < -0.4 is 4.90 Å². The Morgan fingerprint density at radius 2 is 1.88 bits per heavy atom. The quantitative estimate of drug-likeness (QED) is 0.695. The Bertz CT molecular complexity index is 895. The third-order valence-electron chi connectivity index (χ3n) is 4.14. The largest absolute Gasteiger partial charge is 0.450 e. The summed E-state index contributed by atoms with van der Waals surface area (Å²) < 4.78 is 10.6. The van der Waals surface area contributed by atoms with E-state index in [2.05, 4.69) is 0 Å². The summed E-state index contributed by atoms with van der Waals surface area (Å²) in [5.74, 6) is -0.762. The molecular weight excluding hydrogens is 306 g/mol. The minimum atomic E-state index is -0.632. The van der Waals surface area contributed by atoms with Gasteiger partial charge in [-0.05, 0) is 30.2 Å². The number of fused-ring (bicyclic) bond motifs is 2. The molecule has 2 heterocycles. The summed E-state index contributed by atoms with van der Waals surface area (Å²) in [7, 11) is 0. The first-order valence-electron chi connectivity index (χ1n) is 7.76. The molecule has 2 aromatic carbocycles. The highest BCUT2D eigenvalue weighted by molar-refractivity contribution is 5.98. The van der Waals surface area contributed by atoms with E-state index in [1.54, 1.807) is 17.0 Å². The number of rotatable bonds is 3. The highest BCUT2D eigenvalue weighted by Gasteiger charge is 2.25. The van der Waals surface area contributed by atoms with Crippen LogP contribution in [-0.2, 0) is 16.0 Å². The van der Waals surface area contributed by atoms with E-state index in [1.807, 2.05) is 42.5 Å². The number of carbonyl (C=O) groups excluding carboxylic acids is 2. The Morgan fingerprint density at radius 3 is 2.75 bits per heavy atom. The molecule has 0 aliphatic carbocycles. The summed E-state index contributed by atoms with van der Waals surface area (Å²) in [6, 6.07) is 16.7. The second-order valence-corrected chi connectivity index (χ2v) is 5.65. The molecule has 0 fully saturated rings. The molecule has 0 bridgehead atoms. The molecule has 0 unspecified atom stereocenters. The number of carbonyl (C=O) groups is 2. The molecular formula is C19H15NO4. The molecule has 0 atom stereocenters. The van der Waals surface area contributed by atoms with Gasteiger partial charge >= 0.3 is 5.97 Å². The summed E-state index contributed by atoms with van der Waals surface area (Å²) >= 11 is 0. The van der Waals surface area contributed by atoms with Crippen molar-refractivity contribution in [2.75, 3.05) is 18.1 Å². The van der Waals surface area contributed by atoms with Crippen LogP contribution in [0.1, 0.15) is 16.1 Å². The van der Waals surface area contributed by atoms with Gasteiger partial charge in [0.25, 0.3) is 5.91 Å². The molecule has 4 rings (SSSR count). The maximum atomic E-state index is 12.3. The highest BCUT2D eigenvalue weighted by atomic mass is 16.5. The van der Waals surface area contributed by atoms with Crippen LogP contribution in [0.2, 0.25) is 0 Å². The van der Waals surface area contributed by atoms with Crippen molar-refractivity contribution in [1.29, 1.82) is 0 Å². The summed E-state index contributed by atoms with van der Waals surface area (Å²) in [6.07, 6.45) is 0.819. The van der Waals surface area contributed by atoms with Crippen LogP contribution in [0, 0.1) is 0 Å². The van der Waals surface area contributed by atoms with Crippen LogP contribution >= 0.6 is 0 Å². The molecule has 0 saturated heterocycles. The van der Waals surface area contributed by atoms with Crippen LogP contribution in [0.4, 0.5) is 5.69 Å². The molecule has 3 aromatic rings. The van der Waals surface area contributed by atoms with E-state index in [0.717, 1.165) is 23.1 Å². The lowest BCUT2D eigenvalue weighted by Gasteiger charge is -2.16. The third kappa shape index (κ3) is 2.54. The normalized spacial score (nSPS) is 13.1. The van der Waals surface area contributed by atoms with Crippen molar-refractivity contribution in [1.82, 2.24) is 0 Å². The van der Waals surface area contributed by atoms with Gasteiger partial charge in [0.2, 0.25) is 5.76 Å². The summed E-state index contributed by atoms with van der Waals surface area (Å²) in [6.45, 7) is 0.310. The predicted molar refractivity (Wildman–Crippen MR) is 89.0 cm³/mol. The van der Waals surface area contributed by atoms with E-state index in [4.69, 9.17) is 9.15 Å². The number of nitrogens with zero attached hydrogens (tertiary/aromatic N) is 1. The number of anilines is 1. The average molecular weight is 321 g/mol. The van der Waals surface area contributed by atoms with Gasteiger partial charge in [0.15, 0.2) is 6.61 Å². The van der Waals surface area contributed by atoms with Crippen molar-refractivity contribution >= 4 is 28.5 Å². The molecule has 0 radical (unpaired) electrons. The van der Waals surface area contributed by atoms with E-state index >= 15 is 0 Å². The highest BCUT2D eigenvalue weighted by Crippen LogP contribution is 2.27. The molecule has 1 aliphatic rings. The van der Waals surface area contributed by atoms with E-state index in [1.165, 1.54) is 0 Å². The molecule has 24 heavy (non-hydrogen) atoms. The number of esters is 1. The zero-order chi connectivity index (χ0) is 16.5. The smallest absolute Gasteiger partial charge is 0.374 e. The molecule has 1 aromatic heterocycles. The summed E-state index contributed by atoms with van der Waals surface area (Å²) in [5, 5.41) is 0.823. The lowest BCUT2D eigenvalue weighted by atomic mass is 10.2. The number of hydrogen-bond acceptors (Lipinski definition) is 4. The summed E-state index contributed by atoms with van der Waals surface area (Å²) in [4.78, 5) is 26.1. The second kappa shape index (κ2) is 5.85. The maximum Gasteiger partial charge on any atom is 0.374 e. The first-order chi connectivity index (χ1) is 11.7. The molecule has 120 valence electrons. The van der Waals surface area contributed by atoms with Gasteiger partial charge < -0.3 is 14.1 Å². The Labute approximate surface area is 138 Å². The zero-order valence-corrected chi connectivity index (χ0v) is 12.9. The fraction of sp³-hybridized carbons (Fsp3) is 0.158. The van der Waals surface area contributed by atoms with E-state index in [-0.39, 0.29) is 18.3 Å². The second-order valence-electron chi connectivity index (χ2n) is 5.65. The van der Waals surface area contributed by atoms with Crippen LogP contribution in [-0.4, -0.2) is 25.0 Å². The SMILES string of the molecule is O=C(OCC(=O)N1CCc2ccccc21)c1cc2ccccc2o1. The van der Waals surface area contributed by atoms with Gasteiger partial charge in [-0.25, -0.2) is 4.79 Å². The van der Waals surface area contributed by atoms with Gasteiger partial charge in [0.05, 0.1) is 0 Å². The molecule has 5 heteroatoms. The van der Waals surface area contributed by atoms with Crippen LogP contribution in [0.25, 0.3) is 11.0 Å². The van der Waals surface area contributed by atoms with E-state index in [0.29, 0.717) is 12.1 Å². The van der Waals surface area contributed by atoms with Crippen molar-refractivity contribution < 1.29 is 18.7 Å². The van der Waals surface area contributed by atoms with E-state index < -0.39 is 5.97 Å². The minimum Gasteiger partial charge on any atom is -0.450 e. The molecule has 0 spiro atoms. The van der Waals surface area contributed by atoms with Crippen LogP contribution in [0.3, 0.4) is 0 Å². The topological polar surface area (TPSA) is 59.8 Å². The Hall–Kier alpha value is -3.08. The number of hydrogen-bond donors (Lipinski definition) is 0. The van der Waals surface area contributed by atoms with Crippen molar-refractivity contribution in [2.45, 2.75) is 6.42 Å². The van der Waals surface area contributed by atoms with Crippen molar-refractivity contribution in [3.8, 4) is 0 Å². The number of furan rings is 1. The fourth-order valence-electron chi connectivity index (χ4n) is 2.96. The molecule has 5 nitrogen and oxygen atoms in total. The monoisotopic (exact) mass is 321 g/mol. The lowest BCUT2D eigenvalue weighted by Crippen LogP contribution is -2.33. The van der Waals surface area contributed by atoms with Gasteiger partial charge in [-0.1, -0.05) is 36.4 Å². The third-order valence-corrected chi connectivity index (χ3v) is 4.14. The number of ether oxygens (including phenoxy) is 1. The standard InChI is InChI=1S/C19H15NO4/c21-18(20-10-9-13-5-1-3-7-15(13)20)12-23-19(22)17-11-14-6-2-4-8-16(14)24-17/h1-8,11H,9-10,12H2. The first-order valence-corrected chi connectivity index (χ1v) is 7.76. The number of benzene rings is 2. The van der Waals surface area contributed by atoms with Crippen LogP contribution in [0.15, 0.2) is 59.0 Å². The Balaban J connectivity index is 1.43. The number of para-hydroxylation sites is 2. The van der Waals surface area contributed by atoms with E-state index in [9.17, 15) is 9.59 Å². The zero-order valence-electron chi connectivity index (χ0n) is 12.9. The van der Waals surface area contributed by atoms with Crippen molar-refractivity contribution in [2.24, 2.45) is 0 Å². The first kappa shape index (κ1) is 14.5. The van der Waals surface area contributed by atoms with Gasteiger partial charge in [0, 0.05) is 17.6 Å². The lowest BCUT2D eigenvalue weighted by molar-refractivity contribution is -0.121. The Morgan fingerprint density at radius 1 is 1.08 bits per heavy atom. The van der Waals surface area contributed by atoms with Gasteiger partial charge in [-0.3, -0.25) is 4.79 Å². The van der Waals surface area contributed by atoms with Gasteiger partial charge in [0.1, 0.15) is 5.58 Å². The fourth-order valence-corrected chi connectivity index (χ4v) is 2.96. The van der Waals surface area contributed by atoms with Crippen molar-refractivity contribution in [3.05, 3.63) is 65.9 Å². The average Bonchev–Trinajstić information content (AvgIpc) is 3.23. The Kier molecular flexibility index (Phi) is 3.54. The minimum absolute atomic E-state index is 0.103. The molecule has 0 N–H and O–H groups in total. The van der Waals surface area contributed by atoms with Gasteiger partial charge in [-0.2, -0.15) is 0 Å².